The molecule has 6 rings (SSSR count). The summed E-state index contributed by atoms with van der Waals surface area (Å²) in [7, 11) is 0. The van der Waals surface area contributed by atoms with Crippen LogP contribution in [0.15, 0.2) is 72.3 Å². The Balaban J connectivity index is 1.44. The lowest BCUT2D eigenvalue weighted by Crippen LogP contribution is -2.43. The molecule has 45 heavy (non-hydrogen) atoms. The van der Waals surface area contributed by atoms with Gasteiger partial charge in [-0.05, 0) is 60.6 Å². The number of aliphatic hydroxyl groups excluding tert-OH is 1. The maximum atomic E-state index is 14.5. The molecule has 0 aromatic heterocycles. The number of esters is 3. The number of hydrogen-bond acceptors (Lipinski definition) is 9. The Kier molecular flexibility index (Phi) is 7.56. The highest BCUT2D eigenvalue weighted by atomic mass is 16.7. The van der Waals surface area contributed by atoms with Crippen molar-refractivity contribution in [1.29, 1.82) is 0 Å². The molecule has 2 saturated carbocycles. The molecule has 1 aliphatic heterocycles. The van der Waals surface area contributed by atoms with Gasteiger partial charge < -0.3 is 24.1 Å². The Morgan fingerprint density at radius 3 is 1.93 bits per heavy atom. The van der Waals surface area contributed by atoms with Crippen LogP contribution in [-0.4, -0.2) is 64.4 Å². The zero-order valence-corrected chi connectivity index (χ0v) is 26.4. The molecule has 9 heteroatoms. The van der Waals surface area contributed by atoms with Gasteiger partial charge in [-0.25, -0.2) is 9.59 Å². The quantitative estimate of drug-likeness (QED) is 0.220. The summed E-state index contributed by atoms with van der Waals surface area (Å²) in [6, 6.07) is 17.1. The summed E-state index contributed by atoms with van der Waals surface area (Å²) in [5.41, 5.74) is -2.14. The van der Waals surface area contributed by atoms with Gasteiger partial charge in [-0.2, -0.15) is 0 Å². The van der Waals surface area contributed by atoms with Crippen LogP contribution in [0.4, 0.5) is 0 Å². The summed E-state index contributed by atoms with van der Waals surface area (Å²) in [5, 5.41) is 11.9. The monoisotopic (exact) mass is 616 g/mol. The minimum atomic E-state index is -1.36. The van der Waals surface area contributed by atoms with Gasteiger partial charge in [-0.3, -0.25) is 9.59 Å². The fraction of sp³-hybridized carbons (Fsp3) is 0.500. The molecule has 10 atom stereocenters. The Morgan fingerprint density at radius 1 is 0.844 bits per heavy atom. The maximum absolute atomic E-state index is 14.5. The number of Topliss-reactive ketones (excluding diaryl/α,β-unsaturated/α-hetero) is 1. The van der Waals surface area contributed by atoms with Gasteiger partial charge in [-0.1, -0.05) is 64.1 Å². The standard InChI is InChI=1S/C36H40O9/c1-19-17-36-31(44-33(41)24-15-11-8-12-16-24)20(2)18-35(36,45-36)30(39)21(3)28(42-22(4)37)25-26(34(25,5)6)29(27(19)38)43-32(40)23-13-9-7-10-14-23/h7-17,20-21,25-29,31,38H,18H2,1-6H3/b19-17-/t20-,21+,25-,26+,27+,28+,29-,31-,35-,36-/m0/s1. The molecule has 0 unspecified atom stereocenters. The number of ether oxygens (including phenoxy) is 4. The van der Waals surface area contributed by atoms with Crippen molar-refractivity contribution in [2.24, 2.45) is 29.1 Å². The van der Waals surface area contributed by atoms with E-state index in [0.29, 0.717) is 16.7 Å². The van der Waals surface area contributed by atoms with Crippen LogP contribution < -0.4 is 0 Å². The van der Waals surface area contributed by atoms with Crippen LogP contribution in [0.1, 0.15) is 68.7 Å². The fourth-order valence-electron chi connectivity index (χ4n) is 8.22. The number of rotatable bonds is 5. The molecule has 0 amide bonds. The minimum Gasteiger partial charge on any atom is -0.461 e. The van der Waals surface area contributed by atoms with E-state index in [4.69, 9.17) is 18.9 Å². The zero-order chi connectivity index (χ0) is 32.5. The van der Waals surface area contributed by atoms with E-state index in [-0.39, 0.29) is 18.1 Å². The number of hydrogen-bond donors (Lipinski definition) is 1. The summed E-state index contributed by atoms with van der Waals surface area (Å²) in [6.45, 7) is 10.6. The van der Waals surface area contributed by atoms with Crippen LogP contribution >= 0.6 is 0 Å². The van der Waals surface area contributed by atoms with Crippen LogP contribution in [0.3, 0.4) is 0 Å². The highest BCUT2D eigenvalue weighted by Crippen LogP contribution is 2.68. The summed E-state index contributed by atoms with van der Waals surface area (Å²) in [4.78, 5) is 53.6. The van der Waals surface area contributed by atoms with Crippen molar-refractivity contribution in [2.75, 3.05) is 0 Å². The lowest BCUT2D eigenvalue weighted by Gasteiger charge is -2.28. The number of aliphatic hydroxyl groups is 1. The van der Waals surface area contributed by atoms with Gasteiger partial charge in [0.2, 0.25) is 0 Å². The van der Waals surface area contributed by atoms with Crippen molar-refractivity contribution in [2.45, 2.75) is 83.6 Å². The number of fused-ring (bicyclic) bond motifs is 1. The molecule has 0 bridgehead atoms. The number of ketones is 1. The lowest BCUT2D eigenvalue weighted by molar-refractivity contribution is -0.154. The van der Waals surface area contributed by atoms with Crippen LogP contribution in [0.25, 0.3) is 0 Å². The highest BCUT2D eigenvalue weighted by molar-refractivity contribution is 5.96. The van der Waals surface area contributed by atoms with Gasteiger partial charge in [0.05, 0.1) is 17.0 Å². The van der Waals surface area contributed by atoms with Crippen molar-refractivity contribution in [3.8, 4) is 0 Å². The van der Waals surface area contributed by atoms with Crippen molar-refractivity contribution in [1.82, 2.24) is 0 Å². The molecule has 9 nitrogen and oxygen atoms in total. The first-order valence-electron chi connectivity index (χ1n) is 15.6. The van der Waals surface area contributed by atoms with Crippen molar-refractivity contribution < 1.29 is 43.2 Å². The van der Waals surface area contributed by atoms with Gasteiger partial charge in [0, 0.05) is 18.8 Å². The molecular formula is C36H40O9. The third kappa shape index (κ3) is 4.91. The Bertz CT molecular complexity index is 1550. The Labute approximate surface area is 262 Å². The minimum absolute atomic E-state index is 0.251. The maximum Gasteiger partial charge on any atom is 0.338 e. The number of benzene rings is 2. The van der Waals surface area contributed by atoms with E-state index in [1.54, 1.807) is 80.6 Å². The normalized spacial score (nSPS) is 39.0. The molecule has 0 radical (unpaired) electrons. The number of carbonyl (C=O) groups excluding carboxylic acids is 4. The molecule has 4 aliphatic rings. The van der Waals surface area contributed by atoms with E-state index in [0.717, 1.165) is 0 Å². The molecule has 1 saturated heterocycles. The van der Waals surface area contributed by atoms with Gasteiger partial charge in [0.25, 0.3) is 0 Å². The third-order valence-corrected chi connectivity index (χ3v) is 10.5. The predicted molar refractivity (Wildman–Crippen MR) is 162 cm³/mol. The van der Waals surface area contributed by atoms with Crippen molar-refractivity contribution >= 4 is 23.7 Å². The molecule has 2 aromatic carbocycles. The Hall–Kier alpha value is -3.82. The summed E-state index contributed by atoms with van der Waals surface area (Å²) < 4.78 is 24.4. The second kappa shape index (κ2) is 10.9. The van der Waals surface area contributed by atoms with Gasteiger partial charge in [0.15, 0.2) is 17.0 Å². The largest absolute Gasteiger partial charge is 0.461 e. The third-order valence-electron chi connectivity index (χ3n) is 10.5. The van der Waals surface area contributed by atoms with E-state index in [1.165, 1.54) is 6.92 Å². The predicted octanol–water partition coefficient (Wildman–Crippen LogP) is 4.72. The second-order valence-electron chi connectivity index (χ2n) is 13.8. The van der Waals surface area contributed by atoms with Gasteiger partial charge in [-0.15, -0.1) is 0 Å². The topological polar surface area (TPSA) is 129 Å². The van der Waals surface area contributed by atoms with Crippen molar-refractivity contribution in [3.05, 3.63) is 83.4 Å². The van der Waals surface area contributed by atoms with Gasteiger partial charge in [0.1, 0.15) is 24.4 Å². The second-order valence-corrected chi connectivity index (χ2v) is 13.8. The van der Waals surface area contributed by atoms with E-state index < -0.39 is 76.7 Å². The van der Waals surface area contributed by atoms with Crippen LogP contribution in [0.5, 0.6) is 0 Å². The average molecular weight is 617 g/mol. The Morgan fingerprint density at radius 2 is 1.38 bits per heavy atom. The van der Waals surface area contributed by atoms with Gasteiger partial charge >= 0.3 is 17.9 Å². The molecule has 1 N–H and O–H groups in total. The smallest absolute Gasteiger partial charge is 0.338 e. The van der Waals surface area contributed by atoms with Crippen LogP contribution in [-0.2, 0) is 28.5 Å². The summed E-state index contributed by atoms with van der Waals surface area (Å²) >= 11 is 0. The molecule has 2 aromatic rings. The fourth-order valence-corrected chi connectivity index (χ4v) is 8.22. The molecule has 0 spiro atoms. The van der Waals surface area contributed by atoms with Crippen molar-refractivity contribution in [3.63, 3.8) is 0 Å². The van der Waals surface area contributed by atoms with E-state index in [1.807, 2.05) is 20.8 Å². The summed E-state index contributed by atoms with van der Waals surface area (Å²) in [5.74, 6) is -3.84. The van der Waals surface area contributed by atoms with Crippen LogP contribution in [0, 0.1) is 29.1 Å². The zero-order valence-electron chi connectivity index (χ0n) is 26.4. The van der Waals surface area contributed by atoms with E-state index in [2.05, 4.69) is 0 Å². The van der Waals surface area contributed by atoms with Crippen LogP contribution in [0.2, 0.25) is 0 Å². The summed E-state index contributed by atoms with van der Waals surface area (Å²) in [6.07, 6.45) is -2.05. The first-order valence-corrected chi connectivity index (χ1v) is 15.6. The molecular weight excluding hydrogens is 576 g/mol. The first kappa shape index (κ1) is 31.2. The lowest BCUT2D eigenvalue weighted by atomic mass is 9.80. The van der Waals surface area contributed by atoms with E-state index >= 15 is 0 Å². The van der Waals surface area contributed by atoms with E-state index in [9.17, 15) is 24.3 Å². The number of carbonyl (C=O) groups is 4. The number of epoxide rings is 1. The molecule has 238 valence electrons. The highest BCUT2D eigenvalue weighted by Gasteiger charge is 2.84. The molecule has 1 heterocycles. The average Bonchev–Trinajstić information content (AvgIpc) is 3.81. The SMILES string of the molecule is CC(=O)O[C@H]1[C@@H]2[C@H]([C@H](OC(=O)c3ccccc3)[C@H](O)/C(C)=C\[C@@]34O[C@@]3(C[C@H](C)[C@@H]4OC(=O)c3ccccc3)C(=O)[C@@H]1C)C2(C)C. The molecule has 3 aliphatic carbocycles. The first-order chi connectivity index (χ1) is 21.2. The molecule has 3 fully saturated rings.